The van der Waals surface area contributed by atoms with Crippen molar-refractivity contribution in [2.75, 3.05) is 7.11 Å². The van der Waals surface area contributed by atoms with Gasteiger partial charge in [0.05, 0.1) is 12.7 Å². The van der Waals surface area contributed by atoms with E-state index in [1.165, 1.54) is 7.11 Å². The van der Waals surface area contributed by atoms with Crippen LogP contribution in [0, 0.1) is 0 Å². The number of aliphatic hydroxyl groups excluding tert-OH is 1. The van der Waals surface area contributed by atoms with Crippen LogP contribution in [0.25, 0.3) is 0 Å². The van der Waals surface area contributed by atoms with E-state index in [-0.39, 0.29) is 5.05 Å². The van der Waals surface area contributed by atoms with E-state index < -0.39 is 0 Å². The molecule has 0 aromatic heterocycles. The molecule has 0 unspecified atom stereocenters. The predicted octanol–water partition coefficient (Wildman–Crippen LogP) is 2.58. The molecule has 0 aliphatic heterocycles. The molecule has 1 aromatic rings. The summed E-state index contributed by atoms with van der Waals surface area (Å²) in [7, 11) is 1.50. The zero-order chi connectivity index (χ0) is 9.14. The molecule has 0 fully saturated rings. The number of hydrogen-bond acceptors (Lipinski definition) is 2. The zero-order valence-electron chi connectivity index (χ0n) is 6.37. The Morgan fingerprint density at radius 1 is 1.58 bits per heavy atom. The molecule has 0 atom stereocenters. The van der Waals surface area contributed by atoms with Crippen LogP contribution in [0.15, 0.2) is 18.2 Å². The van der Waals surface area contributed by atoms with E-state index in [2.05, 4.69) is 12.2 Å². The molecule has 0 aliphatic carbocycles. The van der Waals surface area contributed by atoms with Gasteiger partial charge in [0.2, 0.25) is 0 Å². The van der Waals surface area contributed by atoms with Gasteiger partial charge in [-0.05, 0) is 30.4 Å². The average molecular weight is 203 g/mol. The molecule has 0 spiro atoms. The third kappa shape index (κ3) is 1.87. The van der Waals surface area contributed by atoms with Gasteiger partial charge >= 0.3 is 0 Å². The van der Waals surface area contributed by atoms with Crippen LogP contribution in [0.1, 0.15) is 5.56 Å². The Bertz CT molecular complexity index is 312. The number of benzene rings is 1. The molecule has 0 saturated heterocycles. The maximum atomic E-state index is 9.05. The van der Waals surface area contributed by atoms with Crippen LogP contribution in [0.2, 0.25) is 5.02 Å². The van der Waals surface area contributed by atoms with Gasteiger partial charge in [0.15, 0.2) is 5.05 Å². The minimum absolute atomic E-state index is 0.214. The van der Waals surface area contributed by atoms with Crippen molar-refractivity contribution in [1.29, 1.82) is 0 Å². The monoisotopic (exact) mass is 202 g/mol. The topological polar surface area (TPSA) is 29.5 Å². The van der Waals surface area contributed by atoms with Gasteiger partial charge in [0.1, 0.15) is 5.75 Å². The van der Waals surface area contributed by atoms with Crippen LogP contribution in [-0.4, -0.2) is 17.3 Å². The molecule has 0 amide bonds. The highest BCUT2D eigenvalue weighted by Gasteiger charge is 2.06. The Morgan fingerprint density at radius 2 is 2.25 bits per heavy atom. The molecule has 12 heavy (non-hydrogen) atoms. The summed E-state index contributed by atoms with van der Waals surface area (Å²) in [6, 6.07) is 4.88. The lowest BCUT2D eigenvalue weighted by Gasteiger charge is -2.05. The lowest BCUT2D eigenvalue weighted by atomic mass is 10.2. The first kappa shape index (κ1) is 9.29. The lowest BCUT2D eigenvalue weighted by molar-refractivity contribution is 0.412. The van der Waals surface area contributed by atoms with Crippen LogP contribution in [-0.2, 0) is 0 Å². The summed E-state index contributed by atoms with van der Waals surface area (Å²) in [5.74, 6) is 0.520. The Kier molecular flexibility index (Phi) is 2.89. The van der Waals surface area contributed by atoms with Crippen LogP contribution in [0.3, 0.4) is 0 Å². The van der Waals surface area contributed by atoms with Crippen molar-refractivity contribution < 1.29 is 9.84 Å². The van der Waals surface area contributed by atoms with Gasteiger partial charge in [-0.1, -0.05) is 11.6 Å². The van der Waals surface area contributed by atoms with Crippen LogP contribution in [0.5, 0.6) is 5.75 Å². The summed E-state index contributed by atoms with van der Waals surface area (Å²) in [5, 5.41) is 9.36. The fourth-order valence-electron chi connectivity index (χ4n) is 0.847. The molecule has 2 nitrogen and oxygen atoms in total. The summed E-state index contributed by atoms with van der Waals surface area (Å²) in [6.45, 7) is 0. The van der Waals surface area contributed by atoms with Gasteiger partial charge in [-0.25, -0.2) is 0 Å². The second-order valence-corrected chi connectivity index (χ2v) is 2.97. The first-order chi connectivity index (χ1) is 5.65. The Hall–Kier alpha value is -0.800. The van der Waals surface area contributed by atoms with Gasteiger partial charge in [-0.15, -0.1) is 0 Å². The second kappa shape index (κ2) is 3.74. The molecule has 64 valence electrons. The normalized spacial score (nSPS) is 9.50. The number of thiocarbonyl (C=S) groups is 1. The van der Waals surface area contributed by atoms with Crippen molar-refractivity contribution in [2.45, 2.75) is 0 Å². The average Bonchev–Trinajstić information content (AvgIpc) is 2.04. The fraction of sp³-hybridized carbons (Fsp3) is 0.125. The van der Waals surface area contributed by atoms with Gasteiger partial charge in [-0.3, -0.25) is 0 Å². The highest BCUT2D eigenvalue weighted by Crippen LogP contribution is 2.22. The zero-order valence-corrected chi connectivity index (χ0v) is 7.95. The van der Waals surface area contributed by atoms with E-state index >= 15 is 0 Å². The van der Waals surface area contributed by atoms with Gasteiger partial charge in [-0.2, -0.15) is 0 Å². The van der Waals surface area contributed by atoms with E-state index in [1.54, 1.807) is 18.2 Å². The molecule has 4 heteroatoms. The smallest absolute Gasteiger partial charge is 0.192 e. The molecular formula is C8H7ClO2S. The quantitative estimate of drug-likeness (QED) is 0.748. The first-order valence-corrected chi connectivity index (χ1v) is 4.00. The number of ether oxygens (including phenoxy) is 1. The fourth-order valence-corrected chi connectivity index (χ4v) is 1.18. The SMILES string of the molecule is COc1ccc(Cl)cc1C(O)=S. The second-order valence-electron chi connectivity index (χ2n) is 2.15. The van der Waals surface area contributed by atoms with Crippen molar-refractivity contribution in [2.24, 2.45) is 0 Å². The molecule has 0 radical (unpaired) electrons. The molecule has 1 rings (SSSR count). The summed E-state index contributed by atoms with van der Waals surface area (Å²) in [4.78, 5) is 0. The lowest BCUT2D eigenvalue weighted by Crippen LogP contribution is -1.98. The Balaban J connectivity index is 3.21. The van der Waals surface area contributed by atoms with Crippen molar-refractivity contribution in [1.82, 2.24) is 0 Å². The molecule has 0 heterocycles. The van der Waals surface area contributed by atoms with E-state index in [4.69, 9.17) is 21.4 Å². The summed E-state index contributed by atoms with van der Waals surface area (Å²) in [6.07, 6.45) is 0. The molecule has 1 N–H and O–H groups in total. The number of halogens is 1. The number of hydrogen-bond donors (Lipinski definition) is 1. The van der Waals surface area contributed by atoms with Crippen LogP contribution < -0.4 is 4.74 Å². The predicted molar refractivity (Wildman–Crippen MR) is 52.3 cm³/mol. The Morgan fingerprint density at radius 3 is 2.75 bits per heavy atom. The van der Waals surface area contributed by atoms with Crippen LogP contribution in [0.4, 0.5) is 0 Å². The van der Waals surface area contributed by atoms with Gasteiger partial charge < -0.3 is 9.84 Å². The standard InChI is InChI=1S/C8H7ClO2S/c1-11-7-3-2-5(9)4-6(7)8(10)12/h2-4H,1H3,(H,10,12). The van der Waals surface area contributed by atoms with E-state index in [1.807, 2.05) is 0 Å². The van der Waals surface area contributed by atoms with Crippen molar-refractivity contribution in [3.05, 3.63) is 28.8 Å². The van der Waals surface area contributed by atoms with Gasteiger partial charge in [0.25, 0.3) is 0 Å². The van der Waals surface area contributed by atoms with E-state index in [0.717, 1.165) is 0 Å². The Labute approximate surface area is 80.7 Å². The summed E-state index contributed by atoms with van der Waals surface area (Å²) >= 11 is 10.3. The van der Waals surface area contributed by atoms with Crippen molar-refractivity contribution in [3.8, 4) is 5.75 Å². The third-order valence-electron chi connectivity index (χ3n) is 1.39. The van der Waals surface area contributed by atoms with E-state index in [9.17, 15) is 0 Å². The third-order valence-corrected chi connectivity index (χ3v) is 1.85. The van der Waals surface area contributed by atoms with E-state index in [0.29, 0.717) is 16.3 Å². The number of methoxy groups -OCH3 is 1. The molecular weight excluding hydrogens is 196 g/mol. The number of aliphatic hydroxyl groups is 1. The minimum atomic E-state index is -0.214. The van der Waals surface area contributed by atoms with Gasteiger partial charge in [0, 0.05) is 5.02 Å². The molecule has 0 bridgehead atoms. The summed E-state index contributed by atoms with van der Waals surface area (Å²) < 4.78 is 4.96. The van der Waals surface area contributed by atoms with Crippen molar-refractivity contribution >= 4 is 28.9 Å². The molecule has 0 saturated carbocycles. The largest absolute Gasteiger partial charge is 0.498 e. The van der Waals surface area contributed by atoms with Crippen LogP contribution >= 0.6 is 23.8 Å². The maximum absolute atomic E-state index is 9.05. The minimum Gasteiger partial charge on any atom is -0.498 e. The number of rotatable bonds is 2. The first-order valence-electron chi connectivity index (χ1n) is 3.22. The molecule has 1 aromatic carbocycles. The summed E-state index contributed by atoms with van der Waals surface area (Å²) in [5.41, 5.74) is 0.444. The highest BCUT2D eigenvalue weighted by atomic mass is 35.5. The maximum Gasteiger partial charge on any atom is 0.192 e. The highest BCUT2D eigenvalue weighted by molar-refractivity contribution is 7.80. The molecule has 0 aliphatic rings. The van der Waals surface area contributed by atoms with Crippen molar-refractivity contribution in [3.63, 3.8) is 0 Å².